The van der Waals surface area contributed by atoms with Gasteiger partial charge in [0.2, 0.25) is 23.6 Å². The maximum atomic E-state index is 14.4. The number of nitrogens with one attached hydrogen (secondary N) is 11. The number of carbonyl (C=O) groups excluding carboxylic acids is 10. The van der Waals surface area contributed by atoms with Crippen LogP contribution in [0.4, 0.5) is 0 Å². The van der Waals surface area contributed by atoms with Crippen molar-refractivity contribution in [1.29, 1.82) is 0 Å². The van der Waals surface area contributed by atoms with Crippen LogP contribution in [-0.2, 0) is 54.4 Å². The number of aliphatic hydroxyl groups is 1. The van der Waals surface area contributed by atoms with Crippen LogP contribution in [0.1, 0.15) is 84.6 Å². The molecule has 76 heavy (non-hydrogen) atoms. The Bertz CT molecular complexity index is 2060. The molecule has 10 amide bonds. The third-order valence-corrected chi connectivity index (χ3v) is 15.7. The number of nitrogens with two attached hydrogens (primary N) is 5. The van der Waals surface area contributed by atoms with E-state index >= 15 is 0 Å². The molecule has 1 heterocycles. The molecular weight excluding hydrogens is 1220 g/mol. The van der Waals surface area contributed by atoms with E-state index in [2.05, 4.69) is 54.9 Å². The van der Waals surface area contributed by atoms with Gasteiger partial charge in [-0.3, -0.25) is 19.2 Å². The molecule has 0 aliphatic carbocycles. The first kappa shape index (κ1) is 67.2. The Morgan fingerprint density at radius 2 is 1.13 bits per heavy atom. The van der Waals surface area contributed by atoms with E-state index in [1.807, 2.05) is 22.9 Å². The molecule has 430 valence electrons. The summed E-state index contributed by atoms with van der Waals surface area (Å²) >= 11 is 0.555. The molecule has 0 bridgehead atoms. The summed E-state index contributed by atoms with van der Waals surface area (Å²) in [5.74, 6) is -8.04. The van der Waals surface area contributed by atoms with Gasteiger partial charge in [-0.2, -0.15) is 0 Å². The summed E-state index contributed by atoms with van der Waals surface area (Å²) in [6.07, 6.45) is -1.78. The minimum absolute atomic E-state index is 0.0713. The fourth-order valence-corrected chi connectivity index (χ4v) is 10.2. The van der Waals surface area contributed by atoms with E-state index in [9.17, 15) is 53.1 Å². The first-order valence-electron chi connectivity index (χ1n) is 25.4. The second-order valence-electron chi connectivity index (χ2n) is 18.5. The summed E-state index contributed by atoms with van der Waals surface area (Å²) in [5.41, 5.74) is 29.8. The predicted octanol–water partition coefficient (Wildman–Crippen LogP) is -8.99. The van der Waals surface area contributed by atoms with Crippen LogP contribution in [0.2, 0.25) is 0 Å². The molecule has 1 aromatic carbocycles. The summed E-state index contributed by atoms with van der Waals surface area (Å²) in [4.78, 5) is 139. The molecular formula is C47H81I2N16O11-. The first-order chi connectivity index (χ1) is 36.2. The van der Waals surface area contributed by atoms with Gasteiger partial charge in [0, 0.05) is 6.42 Å². The Kier molecular flexibility index (Phi) is 32.1. The van der Waals surface area contributed by atoms with Gasteiger partial charge in [0.25, 0.3) is 0 Å². The molecule has 1 aliphatic heterocycles. The zero-order valence-corrected chi connectivity index (χ0v) is 47.9. The van der Waals surface area contributed by atoms with Crippen molar-refractivity contribution >= 4 is 81.9 Å². The molecule has 29 heteroatoms. The number of benzene rings is 1. The van der Waals surface area contributed by atoms with Gasteiger partial charge in [0.1, 0.15) is 24.2 Å². The van der Waals surface area contributed by atoms with E-state index in [1.54, 1.807) is 51.1 Å². The van der Waals surface area contributed by atoms with Crippen LogP contribution in [0.15, 0.2) is 30.3 Å². The predicted molar refractivity (Wildman–Crippen MR) is 286 cm³/mol. The van der Waals surface area contributed by atoms with Crippen LogP contribution < -0.4 is 105 Å². The Labute approximate surface area is 468 Å². The molecule has 1 aromatic rings. The molecule has 1 aliphatic rings. The fourth-order valence-electron chi connectivity index (χ4n) is 7.68. The van der Waals surface area contributed by atoms with Crippen molar-refractivity contribution in [3.63, 3.8) is 0 Å². The van der Waals surface area contributed by atoms with Crippen molar-refractivity contribution in [3.05, 3.63) is 35.9 Å². The molecule has 22 N–H and O–H groups in total. The topological polar surface area (TPSA) is 453 Å². The molecule has 1 fully saturated rings. The van der Waals surface area contributed by atoms with Gasteiger partial charge in [-0.1, -0.05) is 44.2 Å². The van der Waals surface area contributed by atoms with Gasteiger partial charge in [-0.15, -0.1) is 0 Å². The van der Waals surface area contributed by atoms with Gasteiger partial charge >= 0.3 is 253 Å². The van der Waals surface area contributed by atoms with Crippen molar-refractivity contribution in [3.8, 4) is 0 Å². The molecule has 27 nitrogen and oxygen atoms in total. The minimum atomic E-state index is -1.64. The van der Waals surface area contributed by atoms with Crippen molar-refractivity contribution in [1.82, 2.24) is 54.9 Å². The SMILES string of the molecule is CCC([I-]NC(=O)[C@H](CCN)NI)C(=O)N[C@@H](CCN)C(=O)N[C@H]1CCNC(=O)[C@H]([C@@H](C)O)NC(=O)[C@H](CCN)NC(=O)[C@H](CCN)NC(=O)[C@H](CC(C)C)NC(=O)[C@@H](Cc2ccccc2)NC(=O)[C@H](CCN)NC1=O. The average molecular weight is 1300 g/mol. The van der Waals surface area contributed by atoms with E-state index in [1.165, 1.54) is 6.92 Å². The van der Waals surface area contributed by atoms with Crippen LogP contribution in [-0.4, -0.2) is 168 Å². The van der Waals surface area contributed by atoms with Crippen LogP contribution in [0.3, 0.4) is 0 Å². The van der Waals surface area contributed by atoms with Crippen molar-refractivity contribution in [2.24, 2.45) is 34.6 Å². The van der Waals surface area contributed by atoms with E-state index in [0.29, 0.717) is 18.4 Å². The Hall–Kier alpha value is -4.90. The monoisotopic (exact) mass is 1300 g/mol. The summed E-state index contributed by atoms with van der Waals surface area (Å²) in [6.45, 7) is 5.97. The van der Waals surface area contributed by atoms with Crippen molar-refractivity contribution < 1.29 is 74.5 Å². The Morgan fingerprint density at radius 1 is 0.645 bits per heavy atom. The fraction of sp³-hybridized carbons (Fsp3) is 0.660. The zero-order chi connectivity index (χ0) is 56.9. The van der Waals surface area contributed by atoms with Gasteiger partial charge in [-0.05, 0) is 50.8 Å². The van der Waals surface area contributed by atoms with E-state index < -0.39 is 146 Å². The Balaban J connectivity index is 2.70. The molecule has 2 rings (SSSR count). The molecule has 11 atom stereocenters. The quantitative estimate of drug-likeness (QED) is 0.0260. The molecule has 1 unspecified atom stereocenters. The zero-order valence-electron chi connectivity index (χ0n) is 43.6. The average Bonchev–Trinajstić information content (AvgIpc) is 3.37. The summed E-state index contributed by atoms with van der Waals surface area (Å²) in [7, 11) is 0. The second-order valence-corrected chi connectivity index (χ2v) is 21.8. The van der Waals surface area contributed by atoms with Crippen LogP contribution in [0, 0.1) is 5.92 Å². The van der Waals surface area contributed by atoms with Gasteiger partial charge < -0.3 is 43.6 Å². The summed E-state index contributed by atoms with van der Waals surface area (Å²) in [6, 6.07) is -3.21. The maximum absolute atomic E-state index is 14.4. The third-order valence-electron chi connectivity index (χ3n) is 11.9. The van der Waals surface area contributed by atoms with Crippen molar-refractivity contribution in [2.45, 2.75) is 150 Å². The standard InChI is InChI=1S/C47H81I2N16O11/c1-5-28(49-65-46(75)34(64-48)15-21-54)38(67)56-29(11-17-50)39(68)60-33-16-22-55-47(76)37(26(4)66)63-43(72)32(14-20-53)58-40(69)30(12-18-51)59-44(73)35(23-25(2)3)61-45(74)36(24-27-9-7-6-8-10-27)62-41(70)31(13-19-52)57-42(33)71/h6-10,25-26,28-37,64,66H,5,11-24,50-54H2,1-4H3,(H,55,76)(H,56,67)(H,57,71)(H,58,69)(H,59,73)(H,60,68)(H,61,74)(H,62,70)(H,63,72)(H,65,75)/q-1/t26-,28?,29+,30+,31+,32+,33+,34+,35+,36-,37+/m1/s1. The first-order valence-corrected chi connectivity index (χ1v) is 28.8. The van der Waals surface area contributed by atoms with Crippen molar-refractivity contribution in [2.75, 3.05) is 39.3 Å². The Morgan fingerprint density at radius 3 is 1.63 bits per heavy atom. The van der Waals surface area contributed by atoms with Gasteiger partial charge in [0.15, 0.2) is 0 Å². The van der Waals surface area contributed by atoms with Gasteiger partial charge in [0.05, 0.1) is 6.10 Å². The molecule has 0 aromatic heterocycles. The van der Waals surface area contributed by atoms with E-state index in [-0.39, 0.29) is 89.5 Å². The second kappa shape index (κ2) is 36.2. The van der Waals surface area contributed by atoms with E-state index in [4.69, 9.17) is 28.7 Å². The van der Waals surface area contributed by atoms with Crippen LogP contribution >= 0.6 is 22.9 Å². The van der Waals surface area contributed by atoms with Crippen LogP contribution in [0.25, 0.3) is 0 Å². The summed E-state index contributed by atoms with van der Waals surface area (Å²) in [5, 5.41) is 34.2. The normalized spacial score (nSPS) is 23.5. The third kappa shape index (κ3) is 23.4. The number of halogens is 2. The number of rotatable bonds is 24. The molecule has 0 saturated carbocycles. The molecule has 0 spiro atoms. The van der Waals surface area contributed by atoms with Crippen LogP contribution in [0.5, 0.6) is 0 Å². The number of amides is 10. The van der Waals surface area contributed by atoms with Gasteiger partial charge in [-0.25, -0.2) is 0 Å². The molecule has 0 radical (unpaired) electrons. The number of aliphatic hydroxyl groups excluding tert-OH is 1. The number of hydrogen-bond acceptors (Lipinski definition) is 17. The molecule has 1 saturated heterocycles. The number of hydrogen-bond donors (Lipinski definition) is 17. The number of alkyl halides is 1. The van der Waals surface area contributed by atoms with E-state index in [0.717, 1.165) is 0 Å². The number of carbonyl (C=O) groups is 10. The summed E-state index contributed by atoms with van der Waals surface area (Å²) < 4.78 is 4.99.